The number of fused-ring (bicyclic) bond motifs is 1. The van der Waals surface area contributed by atoms with Gasteiger partial charge in [-0.3, -0.25) is 9.78 Å². The molecular weight excluding hydrogens is 389 g/mol. The smallest absolute Gasteiger partial charge is 0.324 e. The van der Waals surface area contributed by atoms with E-state index in [1.165, 1.54) is 12.1 Å². The highest BCUT2D eigenvalue weighted by atomic mass is 19.4. The normalized spacial score (nSPS) is 16.4. The van der Waals surface area contributed by atoms with Gasteiger partial charge in [-0.1, -0.05) is 55.7 Å². The first-order chi connectivity index (χ1) is 14.4. The van der Waals surface area contributed by atoms with Gasteiger partial charge in [-0.05, 0) is 43.0 Å². The van der Waals surface area contributed by atoms with Gasteiger partial charge in [0.25, 0.3) is 0 Å². The molecule has 30 heavy (non-hydrogen) atoms. The Morgan fingerprint density at radius 3 is 2.53 bits per heavy atom. The highest BCUT2D eigenvalue weighted by Gasteiger charge is 2.40. The first-order valence-corrected chi connectivity index (χ1v) is 10.2. The number of para-hydroxylation sites is 1. The van der Waals surface area contributed by atoms with Gasteiger partial charge in [-0.15, -0.1) is 0 Å². The van der Waals surface area contributed by atoms with E-state index in [4.69, 9.17) is 0 Å². The lowest BCUT2D eigenvalue weighted by Crippen LogP contribution is -2.40. The van der Waals surface area contributed by atoms with Crippen molar-refractivity contribution in [2.45, 2.75) is 44.7 Å². The summed E-state index contributed by atoms with van der Waals surface area (Å²) >= 11 is 0. The summed E-state index contributed by atoms with van der Waals surface area (Å²) in [4.78, 5) is 17.7. The van der Waals surface area contributed by atoms with Crippen molar-refractivity contribution >= 4 is 22.5 Å². The number of amides is 1. The first kappa shape index (κ1) is 20.4. The summed E-state index contributed by atoms with van der Waals surface area (Å²) in [5.41, 5.74) is 0.594. The van der Waals surface area contributed by atoms with Crippen molar-refractivity contribution in [2.24, 2.45) is 5.41 Å². The van der Waals surface area contributed by atoms with Gasteiger partial charge in [0.15, 0.2) is 0 Å². The molecule has 0 unspecified atom stereocenters. The summed E-state index contributed by atoms with van der Waals surface area (Å²) in [7, 11) is 0. The number of nitrogens with one attached hydrogen (secondary N) is 1. The van der Waals surface area contributed by atoms with Crippen LogP contribution in [-0.2, 0) is 17.4 Å². The molecule has 1 fully saturated rings. The average Bonchev–Trinajstić information content (AvgIpc) is 2.74. The molecule has 3 nitrogen and oxygen atoms in total. The lowest BCUT2D eigenvalue weighted by atomic mass is 9.69. The van der Waals surface area contributed by atoms with Crippen LogP contribution in [0.1, 0.15) is 43.2 Å². The molecule has 1 aromatic heterocycles. The van der Waals surface area contributed by atoms with Crippen molar-refractivity contribution in [3.63, 3.8) is 0 Å². The van der Waals surface area contributed by atoms with Crippen LogP contribution >= 0.6 is 0 Å². The zero-order valence-electron chi connectivity index (χ0n) is 16.5. The SMILES string of the molecule is O=C(Nc1cnc2ccccc2c1)C1(Cc2cccc(C(F)(F)F)c2)CCCCC1. The molecule has 0 saturated heterocycles. The molecule has 2 aromatic carbocycles. The van der Waals surface area contributed by atoms with Crippen LogP contribution in [0.2, 0.25) is 0 Å². The Morgan fingerprint density at radius 2 is 1.77 bits per heavy atom. The van der Waals surface area contributed by atoms with E-state index in [9.17, 15) is 18.0 Å². The van der Waals surface area contributed by atoms with Crippen molar-refractivity contribution < 1.29 is 18.0 Å². The molecule has 1 heterocycles. The number of carbonyl (C=O) groups is 1. The van der Waals surface area contributed by atoms with E-state index in [2.05, 4.69) is 10.3 Å². The van der Waals surface area contributed by atoms with Crippen LogP contribution in [0.15, 0.2) is 60.8 Å². The van der Waals surface area contributed by atoms with Crippen molar-refractivity contribution in [3.05, 3.63) is 71.9 Å². The fourth-order valence-corrected chi connectivity index (χ4v) is 4.36. The summed E-state index contributed by atoms with van der Waals surface area (Å²) in [5, 5.41) is 3.91. The number of hydrogen-bond acceptors (Lipinski definition) is 2. The molecule has 1 saturated carbocycles. The van der Waals surface area contributed by atoms with Gasteiger partial charge in [0.1, 0.15) is 0 Å². The zero-order chi connectivity index (χ0) is 21.2. The number of halogens is 3. The molecule has 156 valence electrons. The van der Waals surface area contributed by atoms with E-state index in [0.717, 1.165) is 36.2 Å². The highest BCUT2D eigenvalue weighted by Crippen LogP contribution is 2.41. The molecular formula is C24H23F3N2O. The molecule has 0 bridgehead atoms. The van der Waals surface area contributed by atoms with Crippen molar-refractivity contribution in [2.75, 3.05) is 5.32 Å². The van der Waals surface area contributed by atoms with E-state index in [-0.39, 0.29) is 5.91 Å². The van der Waals surface area contributed by atoms with Crippen LogP contribution in [0.4, 0.5) is 18.9 Å². The largest absolute Gasteiger partial charge is 0.416 e. The minimum atomic E-state index is -4.39. The minimum absolute atomic E-state index is 0.142. The molecule has 6 heteroatoms. The van der Waals surface area contributed by atoms with Gasteiger partial charge in [-0.2, -0.15) is 13.2 Å². The van der Waals surface area contributed by atoms with E-state index in [1.807, 2.05) is 30.3 Å². The number of pyridine rings is 1. The lowest BCUT2D eigenvalue weighted by Gasteiger charge is -2.36. The van der Waals surface area contributed by atoms with Crippen molar-refractivity contribution in [1.29, 1.82) is 0 Å². The predicted molar refractivity (Wildman–Crippen MR) is 111 cm³/mol. The summed E-state index contributed by atoms with van der Waals surface area (Å²) in [6.07, 6.45) is 1.67. The fourth-order valence-electron chi connectivity index (χ4n) is 4.36. The summed E-state index contributed by atoms with van der Waals surface area (Å²) < 4.78 is 39.4. The van der Waals surface area contributed by atoms with E-state index < -0.39 is 17.2 Å². The van der Waals surface area contributed by atoms with Crippen LogP contribution in [0.25, 0.3) is 10.9 Å². The number of alkyl halides is 3. The molecule has 4 rings (SSSR count). The van der Waals surface area contributed by atoms with E-state index in [1.54, 1.807) is 12.3 Å². The fraction of sp³-hybridized carbons (Fsp3) is 0.333. The zero-order valence-corrected chi connectivity index (χ0v) is 16.5. The number of carbonyl (C=O) groups excluding carboxylic acids is 1. The van der Waals surface area contributed by atoms with Gasteiger partial charge in [0, 0.05) is 5.39 Å². The highest BCUT2D eigenvalue weighted by molar-refractivity contribution is 5.97. The molecule has 0 atom stereocenters. The second-order valence-electron chi connectivity index (χ2n) is 8.09. The van der Waals surface area contributed by atoms with Gasteiger partial charge in [-0.25, -0.2) is 0 Å². The third kappa shape index (κ3) is 4.32. The topological polar surface area (TPSA) is 42.0 Å². The number of benzene rings is 2. The monoisotopic (exact) mass is 412 g/mol. The Hall–Kier alpha value is -2.89. The Bertz CT molecular complexity index is 1060. The molecule has 1 N–H and O–H groups in total. The van der Waals surface area contributed by atoms with Crippen molar-refractivity contribution in [1.82, 2.24) is 4.98 Å². The Balaban J connectivity index is 1.60. The summed E-state index contributed by atoms with van der Waals surface area (Å²) in [6, 6.07) is 14.8. The van der Waals surface area contributed by atoms with Gasteiger partial charge in [0.2, 0.25) is 5.91 Å². The number of anilines is 1. The number of rotatable bonds is 4. The third-order valence-electron chi connectivity index (χ3n) is 5.94. The second kappa shape index (κ2) is 8.09. The Labute approximate surface area is 173 Å². The third-order valence-corrected chi connectivity index (χ3v) is 5.94. The second-order valence-corrected chi connectivity index (χ2v) is 8.09. The average molecular weight is 412 g/mol. The van der Waals surface area contributed by atoms with Crippen LogP contribution < -0.4 is 5.32 Å². The Kier molecular flexibility index (Phi) is 5.50. The Morgan fingerprint density at radius 1 is 1.00 bits per heavy atom. The standard InChI is InChI=1S/C24H23F3N2O/c25-24(26,27)19-9-6-7-17(13-19)15-23(11-4-1-5-12-23)22(30)29-20-14-18-8-2-3-10-21(18)28-16-20/h2-3,6-10,13-14,16H,1,4-5,11-12,15H2,(H,29,30). The quantitative estimate of drug-likeness (QED) is 0.540. The number of nitrogens with zero attached hydrogens (tertiary/aromatic N) is 1. The molecule has 3 aromatic rings. The maximum Gasteiger partial charge on any atom is 0.416 e. The molecule has 0 aliphatic heterocycles. The molecule has 1 aliphatic carbocycles. The predicted octanol–water partition coefficient (Wildman–Crippen LogP) is 6.39. The van der Waals surface area contributed by atoms with Crippen LogP contribution in [0.3, 0.4) is 0 Å². The van der Waals surface area contributed by atoms with Gasteiger partial charge in [0.05, 0.1) is 28.4 Å². The number of hydrogen-bond donors (Lipinski definition) is 1. The van der Waals surface area contributed by atoms with Gasteiger partial charge >= 0.3 is 6.18 Å². The number of aromatic nitrogens is 1. The van der Waals surface area contributed by atoms with Crippen LogP contribution in [0.5, 0.6) is 0 Å². The molecule has 0 radical (unpaired) electrons. The maximum absolute atomic E-state index is 13.4. The summed E-state index contributed by atoms with van der Waals surface area (Å²) in [6.45, 7) is 0. The van der Waals surface area contributed by atoms with Gasteiger partial charge < -0.3 is 5.32 Å². The van der Waals surface area contributed by atoms with Crippen molar-refractivity contribution in [3.8, 4) is 0 Å². The first-order valence-electron chi connectivity index (χ1n) is 10.2. The van der Waals surface area contributed by atoms with Crippen LogP contribution in [-0.4, -0.2) is 10.9 Å². The van der Waals surface area contributed by atoms with E-state index >= 15 is 0 Å². The summed E-state index contributed by atoms with van der Waals surface area (Å²) in [5.74, 6) is -0.142. The molecule has 0 spiro atoms. The molecule has 1 amide bonds. The maximum atomic E-state index is 13.4. The molecule has 1 aliphatic rings. The van der Waals surface area contributed by atoms with E-state index in [0.29, 0.717) is 30.5 Å². The lowest BCUT2D eigenvalue weighted by molar-refractivity contribution is -0.137. The van der Waals surface area contributed by atoms with Crippen LogP contribution in [0, 0.1) is 5.41 Å². The minimum Gasteiger partial charge on any atom is -0.324 e.